The summed E-state index contributed by atoms with van der Waals surface area (Å²) in [6.07, 6.45) is 3.45. The minimum Gasteiger partial charge on any atom is -0.444 e. The summed E-state index contributed by atoms with van der Waals surface area (Å²) in [7, 11) is 0. The third-order valence-corrected chi connectivity index (χ3v) is 5.63. The molecule has 6 nitrogen and oxygen atoms in total. The highest BCUT2D eigenvalue weighted by atomic mass is 127. The second-order valence-corrected chi connectivity index (χ2v) is 9.92. The maximum atomic E-state index is 12.7. The number of fused-ring (bicyclic) bond motifs is 4. The third kappa shape index (κ3) is 5.93. The summed E-state index contributed by atoms with van der Waals surface area (Å²) >= 11 is 2.24. The molecule has 2 atom stereocenters. The lowest BCUT2D eigenvalue weighted by atomic mass is 9.95. The van der Waals surface area contributed by atoms with Crippen LogP contribution >= 0.6 is 22.6 Å². The molecule has 0 radical (unpaired) electrons. The number of pyridine rings is 1. The molecule has 30 heavy (non-hydrogen) atoms. The number of halogens is 1. The maximum Gasteiger partial charge on any atom is 0.408 e. The molecule has 2 bridgehead atoms. The van der Waals surface area contributed by atoms with E-state index in [-0.39, 0.29) is 17.9 Å². The Morgan fingerprint density at radius 1 is 1.23 bits per heavy atom. The molecule has 2 aromatic rings. The Balaban J connectivity index is 2.00. The summed E-state index contributed by atoms with van der Waals surface area (Å²) in [5.41, 5.74) is 2.86. The van der Waals surface area contributed by atoms with Gasteiger partial charge in [0.1, 0.15) is 5.60 Å². The van der Waals surface area contributed by atoms with Crippen molar-refractivity contribution in [2.75, 3.05) is 5.32 Å². The van der Waals surface area contributed by atoms with Gasteiger partial charge in [-0.3, -0.25) is 9.78 Å². The first-order chi connectivity index (χ1) is 14.1. The molecule has 1 aromatic carbocycles. The number of carbonyl (C=O) groups is 2. The smallest absolute Gasteiger partial charge is 0.408 e. The fourth-order valence-electron chi connectivity index (χ4n) is 3.44. The predicted octanol–water partition coefficient (Wildman–Crippen LogP) is 5.68. The molecule has 0 saturated heterocycles. The van der Waals surface area contributed by atoms with Crippen LogP contribution in [0, 0.1) is 9.49 Å². The van der Waals surface area contributed by atoms with Crippen LogP contribution in [0.15, 0.2) is 36.5 Å². The molecule has 3 rings (SSSR count). The predicted molar refractivity (Wildman–Crippen MR) is 126 cm³/mol. The van der Waals surface area contributed by atoms with Crippen LogP contribution in [0.3, 0.4) is 0 Å². The zero-order valence-corrected chi connectivity index (χ0v) is 19.9. The van der Waals surface area contributed by atoms with Crippen molar-refractivity contribution in [3.63, 3.8) is 0 Å². The number of aromatic nitrogens is 1. The lowest BCUT2D eigenvalue weighted by Crippen LogP contribution is -2.35. The Labute approximate surface area is 191 Å². The number of hydrogen-bond acceptors (Lipinski definition) is 4. The van der Waals surface area contributed by atoms with Crippen LogP contribution in [-0.4, -0.2) is 22.6 Å². The lowest BCUT2D eigenvalue weighted by Gasteiger charge is -2.25. The molecular formula is C23H28IN3O3. The van der Waals surface area contributed by atoms with E-state index in [2.05, 4.69) is 38.2 Å². The van der Waals surface area contributed by atoms with Gasteiger partial charge in [-0.1, -0.05) is 19.4 Å². The van der Waals surface area contributed by atoms with Crippen molar-refractivity contribution in [1.82, 2.24) is 10.3 Å². The molecule has 2 amide bonds. The zero-order valence-electron chi connectivity index (χ0n) is 17.8. The molecule has 1 aliphatic heterocycles. The minimum absolute atomic E-state index is 0.00440. The van der Waals surface area contributed by atoms with Crippen LogP contribution in [-0.2, 0) is 9.53 Å². The maximum absolute atomic E-state index is 12.7. The highest BCUT2D eigenvalue weighted by Gasteiger charge is 2.24. The van der Waals surface area contributed by atoms with Gasteiger partial charge < -0.3 is 15.4 Å². The first-order valence-electron chi connectivity index (χ1n) is 10.2. The van der Waals surface area contributed by atoms with Crippen molar-refractivity contribution in [2.24, 2.45) is 5.92 Å². The normalized spacial score (nSPS) is 19.6. The third-order valence-electron chi connectivity index (χ3n) is 4.96. The van der Waals surface area contributed by atoms with E-state index < -0.39 is 11.7 Å². The number of ether oxygens (including phenoxy) is 1. The van der Waals surface area contributed by atoms with Crippen LogP contribution in [0.2, 0.25) is 0 Å². The van der Waals surface area contributed by atoms with E-state index in [0.717, 1.165) is 38.9 Å². The van der Waals surface area contributed by atoms with E-state index in [1.165, 1.54) is 0 Å². The molecule has 0 saturated carbocycles. The molecule has 0 spiro atoms. The van der Waals surface area contributed by atoms with Crippen molar-refractivity contribution < 1.29 is 14.3 Å². The summed E-state index contributed by atoms with van der Waals surface area (Å²) in [6, 6.07) is 9.59. The van der Waals surface area contributed by atoms with Gasteiger partial charge >= 0.3 is 6.09 Å². The van der Waals surface area contributed by atoms with Gasteiger partial charge in [0.05, 0.1) is 11.7 Å². The number of benzene rings is 1. The quantitative estimate of drug-likeness (QED) is 0.474. The Kier molecular flexibility index (Phi) is 7.00. The van der Waals surface area contributed by atoms with Crippen molar-refractivity contribution in [1.29, 1.82) is 0 Å². The molecule has 7 heteroatoms. The summed E-state index contributed by atoms with van der Waals surface area (Å²) in [5.74, 6) is -0.131. The molecule has 2 N–H and O–H groups in total. The zero-order chi connectivity index (χ0) is 21.9. The topological polar surface area (TPSA) is 80.3 Å². The lowest BCUT2D eigenvalue weighted by molar-refractivity contribution is -0.119. The fraction of sp³-hybridized carbons (Fsp3) is 0.435. The number of amides is 2. The van der Waals surface area contributed by atoms with Gasteiger partial charge in [0.2, 0.25) is 5.91 Å². The van der Waals surface area contributed by atoms with Gasteiger partial charge in [-0.2, -0.15) is 0 Å². The van der Waals surface area contributed by atoms with E-state index in [4.69, 9.17) is 4.74 Å². The minimum atomic E-state index is -0.576. The van der Waals surface area contributed by atoms with E-state index in [1.54, 1.807) is 6.20 Å². The van der Waals surface area contributed by atoms with Crippen LogP contribution in [0.4, 0.5) is 10.5 Å². The van der Waals surface area contributed by atoms with Gasteiger partial charge in [-0.15, -0.1) is 0 Å². The number of nitrogens with zero attached hydrogens (tertiary/aromatic N) is 1. The Bertz CT molecular complexity index is 940. The van der Waals surface area contributed by atoms with E-state index in [0.29, 0.717) is 6.42 Å². The van der Waals surface area contributed by atoms with Crippen molar-refractivity contribution in [3.8, 4) is 11.1 Å². The largest absolute Gasteiger partial charge is 0.444 e. The first-order valence-corrected chi connectivity index (χ1v) is 11.3. The Morgan fingerprint density at radius 2 is 2.00 bits per heavy atom. The van der Waals surface area contributed by atoms with Crippen LogP contribution in [0.25, 0.3) is 11.1 Å². The molecule has 0 aliphatic carbocycles. The second-order valence-electron chi connectivity index (χ2n) is 8.68. The molecule has 0 fully saturated rings. The molecule has 160 valence electrons. The highest BCUT2D eigenvalue weighted by Crippen LogP contribution is 2.33. The number of alkyl carbamates (subject to hydrolysis) is 1. The highest BCUT2D eigenvalue weighted by molar-refractivity contribution is 14.1. The van der Waals surface area contributed by atoms with Gasteiger partial charge in [0.15, 0.2) is 0 Å². The summed E-state index contributed by atoms with van der Waals surface area (Å²) in [4.78, 5) is 29.7. The van der Waals surface area contributed by atoms with Gasteiger partial charge in [-0.25, -0.2) is 4.79 Å². The number of rotatable bonds is 1. The van der Waals surface area contributed by atoms with Crippen LogP contribution < -0.4 is 10.6 Å². The Morgan fingerprint density at radius 3 is 2.73 bits per heavy atom. The number of carbonyl (C=O) groups excluding carboxylic acids is 2. The van der Waals surface area contributed by atoms with E-state index in [1.807, 2.05) is 58.0 Å². The standard InChI is InChI=1S/C23H28IN3O3/c1-14-6-5-7-18(27-22(29)30-23(2,3)4)20-12-15(10-11-25-20)17-9-8-16(24)13-19(17)26-21(14)28/h8-14,18H,5-7H2,1-4H3,(H,26,28)(H,27,29)/t14-,18+/m1/s1. The van der Waals surface area contributed by atoms with Crippen LogP contribution in [0.1, 0.15) is 58.7 Å². The number of hydrogen-bond donors (Lipinski definition) is 2. The number of anilines is 1. The average Bonchev–Trinajstić information content (AvgIpc) is 2.65. The van der Waals surface area contributed by atoms with Gasteiger partial charge in [-0.05, 0) is 86.0 Å². The van der Waals surface area contributed by atoms with Crippen molar-refractivity contribution in [2.45, 2.75) is 58.6 Å². The first kappa shape index (κ1) is 22.5. The van der Waals surface area contributed by atoms with Gasteiger partial charge in [0, 0.05) is 26.9 Å². The summed E-state index contributed by atoms with van der Waals surface area (Å²) in [6.45, 7) is 7.45. The molecule has 1 aliphatic rings. The molecular weight excluding hydrogens is 493 g/mol. The number of nitrogens with one attached hydrogen (secondary N) is 2. The molecule has 2 heterocycles. The molecule has 0 unspecified atom stereocenters. The van der Waals surface area contributed by atoms with Crippen molar-refractivity contribution >= 4 is 40.3 Å². The average molecular weight is 521 g/mol. The summed E-state index contributed by atoms with van der Waals surface area (Å²) < 4.78 is 6.50. The second kappa shape index (κ2) is 9.32. The van der Waals surface area contributed by atoms with E-state index >= 15 is 0 Å². The van der Waals surface area contributed by atoms with Crippen LogP contribution in [0.5, 0.6) is 0 Å². The summed E-state index contributed by atoms with van der Waals surface area (Å²) in [5, 5.41) is 6.06. The molecule has 1 aromatic heterocycles. The Hall–Kier alpha value is -2.16. The van der Waals surface area contributed by atoms with Crippen molar-refractivity contribution in [3.05, 3.63) is 45.8 Å². The fourth-order valence-corrected chi connectivity index (χ4v) is 3.93. The van der Waals surface area contributed by atoms with Gasteiger partial charge in [0.25, 0.3) is 0 Å². The SMILES string of the molecule is C[C@@H]1CCC[C@H](NC(=O)OC(C)(C)C)c2cc(ccn2)-c2ccc(I)cc2NC1=O. The monoisotopic (exact) mass is 521 g/mol. The van der Waals surface area contributed by atoms with E-state index in [9.17, 15) is 9.59 Å².